The number of nitrogens with zero attached hydrogens (tertiary/aromatic N) is 2. The van der Waals surface area contributed by atoms with Crippen LogP contribution in [0.5, 0.6) is 5.75 Å². The fourth-order valence-electron chi connectivity index (χ4n) is 2.19. The molecule has 118 valence electrons. The van der Waals surface area contributed by atoms with Crippen molar-refractivity contribution >= 4 is 0 Å². The molecule has 7 heteroatoms. The summed E-state index contributed by atoms with van der Waals surface area (Å²) in [5, 5.41) is 3.00. The van der Waals surface area contributed by atoms with E-state index in [1.54, 1.807) is 25.2 Å². The molecular formula is C15H18FN3O3. The summed E-state index contributed by atoms with van der Waals surface area (Å²) >= 11 is 0. The molecule has 0 atom stereocenters. The Bertz CT molecular complexity index is 796. The summed E-state index contributed by atoms with van der Waals surface area (Å²) < 4.78 is 21.3. The first kappa shape index (κ1) is 16.0. The Hall–Kier alpha value is -2.41. The third-order valence-electron chi connectivity index (χ3n) is 3.41. The molecular weight excluding hydrogens is 289 g/mol. The molecule has 1 aromatic heterocycles. The lowest BCUT2D eigenvalue weighted by molar-refractivity contribution is 0.383. The maximum absolute atomic E-state index is 14.0. The van der Waals surface area contributed by atoms with Crippen molar-refractivity contribution in [3.8, 4) is 5.75 Å². The van der Waals surface area contributed by atoms with Gasteiger partial charge in [-0.1, -0.05) is 12.1 Å². The van der Waals surface area contributed by atoms with Crippen LogP contribution < -0.4 is 21.3 Å². The molecule has 1 N–H and O–H groups in total. The van der Waals surface area contributed by atoms with Crippen molar-refractivity contribution in [2.75, 3.05) is 7.11 Å². The molecule has 0 saturated heterocycles. The molecule has 22 heavy (non-hydrogen) atoms. The highest BCUT2D eigenvalue weighted by Crippen LogP contribution is 2.19. The van der Waals surface area contributed by atoms with Crippen LogP contribution in [-0.4, -0.2) is 16.2 Å². The van der Waals surface area contributed by atoms with Crippen molar-refractivity contribution in [2.45, 2.75) is 13.1 Å². The van der Waals surface area contributed by atoms with E-state index < -0.39 is 5.82 Å². The first-order chi connectivity index (χ1) is 10.5. The smallest absolute Gasteiger partial charge is 0.330 e. The van der Waals surface area contributed by atoms with Crippen LogP contribution in [-0.2, 0) is 27.2 Å². The normalized spacial score (nSPS) is 10.7. The summed E-state index contributed by atoms with van der Waals surface area (Å²) in [6.45, 7) is 0.479. The van der Waals surface area contributed by atoms with Crippen LogP contribution in [0.3, 0.4) is 0 Å². The summed E-state index contributed by atoms with van der Waals surface area (Å²) in [5.41, 5.74) is 0.142. The number of benzene rings is 1. The number of hydrogen-bond acceptors (Lipinski definition) is 4. The van der Waals surface area contributed by atoms with Gasteiger partial charge in [-0.25, -0.2) is 9.18 Å². The molecule has 0 bridgehead atoms. The van der Waals surface area contributed by atoms with Gasteiger partial charge in [-0.2, -0.15) is 0 Å². The Morgan fingerprint density at radius 1 is 1.18 bits per heavy atom. The number of methoxy groups -OCH3 is 1. The number of rotatable bonds is 5. The van der Waals surface area contributed by atoms with E-state index >= 15 is 0 Å². The maximum atomic E-state index is 14.0. The third kappa shape index (κ3) is 3.09. The Morgan fingerprint density at radius 2 is 1.86 bits per heavy atom. The second kappa shape index (κ2) is 6.57. The molecule has 2 aromatic rings. The lowest BCUT2D eigenvalue weighted by atomic mass is 10.2. The zero-order chi connectivity index (χ0) is 16.3. The third-order valence-corrected chi connectivity index (χ3v) is 3.41. The standard InChI is InChI=1S/C15H18FN3O3/c1-18-9-11(14(20)19(2)15(18)21)8-17-7-10-5-4-6-12(22-3)13(10)16/h4-6,9,17H,7-8H2,1-3H3. The molecule has 0 aliphatic rings. The fraction of sp³-hybridized carbons (Fsp3) is 0.333. The SMILES string of the molecule is COc1cccc(CNCc2cn(C)c(=O)n(C)c2=O)c1F. The summed E-state index contributed by atoms with van der Waals surface area (Å²) in [6.07, 6.45) is 1.49. The van der Waals surface area contributed by atoms with Crippen LogP contribution in [0.15, 0.2) is 34.0 Å². The van der Waals surface area contributed by atoms with Crippen molar-refractivity contribution in [3.63, 3.8) is 0 Å². The largest absolute Gasteiger partial charge is 0.494 e. The van der Waals surface area contributed by atoms with Crippen LogP contribution in [0.1, 0.15) is 11.1 Å². The molecule has 6 nitrogen and oxygen atoms in total. The summed E-state index contributed by atoms with van der Waals surface area (Å²) in [7, 11) is 4.41. The molecule has 0 aliphatic heterocycles. The summed E-state index contributed by atoms with van der Waals surface area (Å²) in [5.74, 6) is -0.247. The second-order valence-corrected chi connectivity index (χ2v) is 4.95. The Balaban J connectivity index is 2.13. The molecule has 0 saturated carbocycles. The highest BCUT2D eigenvalue weighted by atomic mass is 19.1. The summed E-state index contributed by atoms with van der Waals surface area (Å²) in [4.78, 5) is 23.6. The van der Waals surface area contributed by atoms with Crippen LogP contribution in [0, 0.1) is 5.82 Å². The van der Waals surface area contributed by atoms with Gasteiger partial charge in [-0.15, -0.1) is 0 Å². The highest BCUT2D eigenvalue weighted by molar-refractivity contribution is 5.30. The first-order valence-electron chi connectivity index (χ1n) is 6.73. The maximum Gasteiger partial charge on any atom is 0.330 e. The second-order valence-electron chi connectivity index (χ2n) is 4.95. The van der Waals surface area contributed by atoms with Crippen molar-refractivity contribution < 1.29 is 9.13 Å². The van der Waals surface area contributed by atoms with E-state index in [9.17, 15) is 14.0 Å². The van der Waals surface area contributed by atoms with E-state index in [0.29, 0.717) is 11.1 Å². The Morgan fingerprint density at radius 3 is 2.55 bits per heavy atom. The average Bonchev–Trinajstić information content (AvgIpc) is 2.51. The average molecular weight is 307 g/mol. The van der Waals surface area contributed by atoms with Gasteiger partial charge in [-0.05, 0) is 6.07 Å². The van der Waals surface area contributed by atoms with Gasteiger partial charge >= 0.3 is 5.69 Å². The van der Waals surface area contributed by atoms with E-state index in [-0.39, 0.29) is 30.1 Å². The van der Waals surface area contributed by atoms with Gasteiger partial charge in [-0.3, -0.25) is 9.36 Å². The van der Waals surface area contributed by atoms with Gasteiger partial charge in [0.1, 0.15) is 0 Å². The van der Waals surface area contributed by atoms with E-state index in [2.05, 4.69) is 5.32 Å². The van der Waals surface area contributed by atoms with E-state index in [1.165, 1.54) is 24.9 Å². The van der Waals surface area contributed by atoms with Crippen LogP contribution in [0.25, 0.3) is 0 Å². The van der Waals surface area contributed by atoms with Crippen molar-refractivity contribution in [2.24, 2.45) is 14.1 Å². The monoisotopic (exact) mass is 307 g/mol. The minimum Gasteiger partial charge on any atom is -0.494 e. The molecule has 0 radical (unpaired) electrons. The summed E-state index contributed by atoms with van der Waals surface area (Å²) in [6, 6.07) is 4.88. The van der Waals surface area contributed by atoms with Gasteiger partial charge in [0.25, 0.3) is 5.56 Å². The molecule has 0 fully saturated rings. The van der Waals surface area contributed by atoms with E-state index in [1.807, 2.05) is 0 Å². The number of nitrogens with one attached hydrogen (secondary N) is 1. The van der Waals surface area contributed by atoms with E-state index in [4.69, 9.17) is 4.74 Å². The van der Waals surface area contributed by atoms with Gasteiger partial charge in [0.15, 0.2) is 11.6 Å². The lowest BCUT2D eigenvalue weighted by Crippen LogP contribution is -2.39. The number of aryl methyl sites for hydroxylation is 1. The van der Waals surface area contributed by atoms with Crippen molar-refractivity contribution in [3.05, 3.63) is 62.2 Å². The van der Waals surface area contributed by atoms with Crippen molar-refractivity contribution in [1.29, 1.82) is 0 Å². The number of aromatic nitrogens is 2. The minimum atomic E-state index is -0.425. The number of halogens is 1. The van der Waals surface area contributed by atoms with Crippen molar-refractivity contribution in [1.82, 2.24) is 14.5 Å². The zero-order valence-electron chi connectivity index (χ0n) is 12.7. The topological polar surface area (TPSA) is 65.3 Å². The first-order valence-corrected chi connectivity index (χ1v) is 6.73. The van der Waals surface area contributed by atoms with Crippen LogP contribution >= 0.6 is 0 Å². The van der Waals surface area contributed by atoms with E-state index in [0.717, 1.165) is 4.57 Å². The molecule has 0 spiro atoms. The molecule has 1 aromatic carbocycles. The van der Waals surface area contributed by atoms with Gasteiger partial charge in [0, 0.05) is 44.5 Å². The van der Waals surface area contributed by atoms with Gasteiger partial charge < -0.3 is 14.6 Å². The lowest BCUT2D eigenvalue weighted by Gasteiger charge is -2.10. The Labute approximate surface area is 126 Å². The fourth-order valence-corrected chi connectivity index (χ4v) is 2.19. The zero-order valence-corrected chi connectivity index (χ0v) is 12.7. The minimum absolute atomic E-state index is 0.178. The quantitative estimate of drug-likeness (QED) is 0.875. The highest BCUT2D eigenvalue weighted by Gasteiger charge is 2.09. The number of hydrogen-bond donors (Lipinski definition) is 1. The molecule has 0 aliphatic carbocycles. The molecule has 2 rings (SSSR count). The van der Waals surface area contributed by atoms with Crippen LogP contribution in [0.4, 0.5) is 4.39 Å². The van der Waals surface area contributed by atoms with Gasteiger partial charge in [0.05, 0.1) is 7.11 Å². The predicted molar refractivity (Wildman–Crippen MR) is 80.4 cm³/mol. The Kier molecular flexibility index (Phi) is 4.77. The number of ether oxygens (including phenoxy) is 1. The van der Waals surface area contributed by atoms with Gasteiger partial charge in [0.2, 0.25) is 0 Å². The molecule has 0 amide bonds. The molecule has 0 unspecified atom stereocenters. The molecule has 1 heterocycles. The van der Waals surface area contributed by atoms with Crippen LogP contribution in [0.2, 0.25) is 0 Å². The predicted octanol–water partition coefficient (Wildman–Crippen LogP) is 0.521.